The number of rotatable bonds is 5. The molecule has 0 fully saturated rings. The summed E-state index contributed by atoms with van der Waals surface area (Å²) in [6, 6.07) is 6.70. The Morgan fingerprint density at radius 2 is 2.17 bits per heavy atom. The van der Waals surface area contributed by atoms with Crippen LogP contribution in [0.5, 0.6) is 0 Å². The summed E-state index contributed by atoms with van der Waals surface area (Å²) in [5.74, 6) is -0.210. The fraction of sp³-hybridized carbons (Fsp3) is 0.214. The summed E-state index contributed by atoms with van der Waals surface area (Å²) >= 11 is 0. The Morgan fingerprint density at radius 1 is 1.44 bits per heavy atom. The predicted octanol–water partition coefficient (Wildman–Crippen LogP) is 2.97. The Bertz CT molecular complexity index is 516. The van der Waals surface area contributed by atoms with Crippen molar-refractivity contribution >= 4 is 6.20 Å². The van der Waals surface area contributed by atoms with Gasteiger partial charge in [-0.1, -0.05) is 18.7 Å². The van der Waals surface area contributed by atoms with Gasteiger partial charge in [0, 0.05) is 30.5 Å². The smallest absolute Gasteiger partial charge is 0.123 e. The van der Waals surface area contributed by atoms with E-state index in [-0.39, 0.29) is 11.9 Å². The summed E-state index contributed by atoms with van der Waals surface area (Å²) in [6.45, 7) is 6.40. The van der Waals surface area contributed by atoms with E-state index in [0.717, 1.165) is 11.1 Å². The third-order valence-corrected chi connectivity index (χ3v) is 2.82. The second-order valence-corrected chi connectivity index (χ2v) is 4.17. The summed E-state index contributed by atoms with van der Waals surface area (Å²) in [5, 5.41) is 7.47. The molecule has 0 aliphatic heterocycles. The van der Waals surface area contributed by atoms with Gasteiger partial charge in [-0.05, 0) is 24.6 Å². The maximum absolute atomic E-state index is 12.8. The first kappa shape index (κ1) is 12.5. The van der Waals surface area contributed by atoms with Gasteiger partial charge in [0.1, 0.15) is 5.82 Å². The van der Waals surface area contributed by atoms with Gasteiger partial charge in [0.2, 0.25) is 0 Å². The zero-order chi connectivity index (χ0) is 13.0. The van der Waals surface area contributed by atoms with Crippen molar-refractivity contribution in [3.63, 3.8) is 0 Å². The zero-order valence-electron chi connectivity index (χ0n) is 10.3. The molecule has 0 bridgehead atoms. The monoisotopic (exact) mass is 245 g/mol. The number of aromatic nitrogens is 2. The standard InChI is InChI=1S/C14H16FN3/c1-3-18-10-12(9-17-18)8-16-11(2)13-4-6-14(15)7-5-13/h3-7,9-11,16H,1,8H2,2H3. The van der Waals surface area contributed by atoms with Crippen LogP contribution in [0.4, 0.5) is 4.39 Å². The maximum atomic E-state index is 12.8. The molecule has 0 saturated heterocycles. The Morgan fingerprint density at radius 3 is 2.78 bits per heavy atom. The molecule has 0 spiro atoms. The molecule has 2 aromatic rings. The van der Waals surface area contributed by atoms with Gasteiger partial charge in [-0.25, -0.2) is 9.07 Å². The van der Waals surface area contributed by atoms with Crippen molar-refractivity contribution in [2.45, 2.75) is 19.5 Å². The van der Waals surface area contributed by atoms with E-state index < -0.39 is 0 Å². The zero-order valence-corrected chi connectivity index (χ0v) is 10.3. The van der Waals surface area contributed by atoms with Gasteiger partial charge in [-0.15, -0.1) is 0 Å². The number of hydrogen-bond donors (Lipinski definition) is 1. The lowest BCUT2D eigenvalue weighted by Gasteiger charge is -2.13. The fourth-order valence-electron chi connectivity index (χ4n) is 1.71. The van der Waals surface area contributed by atoms with Crippen LogP contribution in [0.2, 0.25) is 0 Å². The van der Waals surface area contributed by atoms with Crippen LogP contribution in [-0.4, -0.2) is 9.78 Å². The fourth-order valence-corrected chi connectivity index (χ4v) is 1.71. The first-order valence-electron chi connectivity index (χ1n) is 5.83. The van der Waals surface area contributed by atoms with Crippen molar-refractivity contribution in [3.05, 3.63) is 60.2 Å². The molecule has 1 aromatic carbocycles. The number of benzene rings is 1. The number of halogens is 1. The van der Waals surface area contributed by atoms with Crippen LogP contribution < -0.4 is 5.32 Å². The van der Waals surface area contributed by atoms with E-state index in [4.69, 9.17) is 0 Å². The Kier molecular flexibility index (Phi) is 3.89. The van der Waals surface area contributed by atoms with Gasteiger partial charge < -0.3 is 5.32 Å². The minimum atomic E-state index is -0.210. The summed E-state index contributed by atoms with van der Waals surface area (Å²) in [4.78, 5) is 0. The molecule has 0 aliphatic carbocycles. The van der Waals surface area contributed by atoms with Gasteiger partial charge in [0.25, 0.3) is 0 Å². The lowest BCUT2D eigenvalue weighted by molar-refractivity contribution is 0.571. The van der Waals surface area contributed by atoms with Gasteiger partial charge in [-0.2, -0.15) is 5.10 Å². The van der Waals surface area contributed by atoms with Crippen LogP contribution >= 0.6 is 0 Å². The Balaban J connectivity index is 1.93. The number of hydrogen-bond acceptors (Lipinski definition) is 2. The molecule has 2 rings (SSSR count). The minimum absolute atomic E-state index is 0.165. The highest BCUT2D eigenvalue weighted by Gasteiger charge is 2.05. The topological polar surface area (TPSA) is 29.9 Å². The van der Waals surface area contributed by atoms with Crippen LogP contribution in [0, 0.1) is 5.82 Å². The van der Waals surface area contributed by atoms with Crippen LogP contribution in [0.25, 0.3) is 6.20 Å². The lowest BCUT2D eigenvalue weighted by Crippen LogP contribution is -2.17. The quantitative estimate of drug-likeness (QED) is 0.877. The SMILES string of the molecule is C=Cn1cc(CNC(C)c2ccc(F)cc2)cn1. The van der Waals surface area contributed by atoms with Crippen LogP contribution in [-0.2, 0) is 6.54 Å². The first-order valence-corrected chi connectivity index (χ1v) is 5.83. The molecule has 4 heteroatoms. The molecule has 94 valence electrons. The van der Waals surface area contributed by atoms with Crippen molar-refractivity contribution < 1.29 is 4.39 Å². The van der Waals surface area contributed by atoms with E-state index in [9.17, 15) is 4.39 Å². The van der Waals surface area contributed by atoms with Crippen molar-refractivity contribution in [1.29, 1.82) is 0 Å². The molecule has 18 heavy (non-hydrogen) atoms. The van der Waals surface area contributed by atoms with E-state index in [1.807, 2.05) is 13.1 Å². The van der Waals surface area contributed by atoms with E-state index in [2.05, 4.69) is 17.0 Å². The molecule has 0 radical (unpaired) electrons. The normalized spacial score (nSPS) is 12.3. The van der Waals surface area contributed by atoms with E-state index >= 15 is 0 Å². The summed E-state index contributed by atoms with van der Waals surface area (Å²) in [7, 11) is 0. The van der Waals surface area contributed by atoms with Gasteiger partial charge in [0.15, 0.2) is 0 Å². The van der Waals surface area contributed by atoms with Crippen molar-refractivity contribution in [3.8, 4) is 0 Å². The number of nitrogens with zero attached hydrogens (tertiary/aromatic N) is 2. The van der Waals surface area contributed by atoms with Gasteiger partial charge in [-0.3, -0.25) is 0 Å². The van der Waals surface area contributed by atoms with Crippen LogP contribution in [0.15, 0.2) is 43.2 Å². The van der Waals surface area contributed by atoms with Crippen molar-refractivity contribution in [1.82, 2.24) is 15.1 Å². The second kappa shape index (κ2) is 5.60. The average molecular weight is 245 g/mol. The first-order chi connectivity index (χ1) is 8.69. The summed E-state index contributed by atoms with van der Waals surface area (Å²) in [6.07, 6.45) is 5.36. The van der Waals surface area contributed by atoms with Gasteiger partial charge >= 0.3 is 0 Å². The van der Waals surface area contributed by atoms with E-state index in [0.29, 0.717) is 6.54 Å². The van der Waals surface area contributed by atoms with Crippen LogP contribution in [0.3, 0.4) is 0 Å². The highest BCUT2D eigenvalue weighted by molar-refractivity contribution is 5.20. The molecule has 1 unspecified atom stereocenters. The van der Waals surface area contributed by atoms with Gasteiger partial charge in [0.05, 0.1) is 6.20 Å². The molecule has 0 aliphatic rings. The van der Waals surface area contributed by atoms with E-state index in [1.54, 1.807) is 29.2 Å². The molecule has 3 nitrogen and oxygen atoms in total. The minimum Gasteiger partial charge on any atom is -0.306 e. The van der Waals surface area contributed by atoms with Crippen molar-refractivity contribution in [2.75, 3.05) is 0 Å². The molecule has 0 amide bonds. The molecular formula is C14H16FN3. The third kappa shape index (κ3) is 3.05. The van der Waals surface area contributed by atoms with Crippen molar-refractivity contribution in [2.24, 2.45) is 0 Å². The number of nitrogens with one attached hydrogen (secondary N) is 1. The maximum Gasteiger partial charge on any atom is 0.123 e. The van der Waals surface area contributed by atoms with Crippen LogP contribution in [0.1, 0.15) is 24.1 Å². The Hall–Kier alpha value is -1.94. The lowest BCUT2D eigenvalue weighted by atomic mass is 10.1. The third-order valence-electron chi connectivity index (χ3n) is 2.82. The molecule has 1 aromatic heterocycles. The largest absolute Gasteiger partial charge is 0.306 e. The molecule has 1 atom stereocenters. The summed E-state index contributed by atoms with van der Waals surface area (Å²) < 4.78 is 14.5. The molecule has 0 saturated carbocycles. The Labute approximate surface area is 106 Å². The summed E-state index contributed by atoms with van der Waals surface area (Å²) in [5.41, 5.74) is 2.15. The predicted molar refractivity (Wildman–Crippen MR) is 70.3 cm³/mol. The highest BCUT2D eigenvalue weighted by atomic mass is 19.1. The molecule has 1 heterocycles. The average Bonchev–Trinajstić information content (AvgIpc) is 2.85. The molecule has 1 N–H and O–H groups in total. The highest BCUT2D eigenvalue weighted by Crippen LogP contribution is 2.13. The van der Waals surface area contributed by atoms with E-state index in [1.165, 1.54) is 12.1 Å². The molecular weight excluding hydrogens is 229 g/mol. The second-order valence-electron chi connectivity index (χ2n) is 4.17.